The summed E-state index contributed by atoms with van der Waals surface area (Å²) in [7, 11) is 0. The number of hydrogen-bond acceptors (Lipinski definition) is 2. The van der Waals surface area contributed by atoms with Gasteiger partial charge in [-0.3, -0.25) is 0 Å². The Labute approximate surface area is 261 Å². The van der Waals surface area contributed by atoms with Crippen molar-refractivity contribution < 1.29 is 0 Å². The van der Waals surface area contributed by atoms with E-state index in [1.165, 1.54) is 81.7 Å². The summed E-state index contributed by atoms with van der Waals surface area (Å²) in [6.07, 6.45) is 3.22. The molecule has 1 nitrogen and oxygen atoms in total. The standard InChI is InChI=1S/C40H31NS2/c1-3-27-25-39-30(29-17-7-13-23-37(29)43-39)26-34(27)40(33-20-10-14-24-38(33)42-2)31-18-8-11-21-35(31)41(28-15-5-4-6-16-28)36-22-12-9-19-32(36)40/h4-26H,3H2,1-2H3/p+1. The van der Waals surface area contributed by atoms with Crippen LogP contribution in [0.3, 0.4) is 0 Å². The van der Waals surface area contributed by atoms with Crippen LogP contribution in [0.2, 0.25) is 0 Å². The quantitative estimate of drug-likeness (QED) is 0.142. The second-order valence-corrected chi connectivity index (χ2v) is 13.2. The minimum absolute atomic E-state index is 0.499. The first kappa shape index (κ1) is 26.3. The van der Waals surface area contributed by atoms with Crippen molar-refractivity contribution in [1.29, 1.82) is 0 Å². The molecule has 6 aromatic carbocycles. The molecule has 0 atom stereocenters. The molecule has 8 rings (SSSR count). The van der Waals surface area contributed by atoms with Crippen molar-refractivity contribution >= 4 is 60.3 Å². The summed E-state index contributed by atoms with van der Waals surface area (Å²) in [6.45, 7) is 2.31. The fourth-order valence-electron chi connectivity index (χ4n) is 7.27. The second kappa shape index (κ2) is 10.4. The molecule has 7 aromatic rings. The lowest BCUT2D eigenvalue weighted by atomic mass is 9.61. The Balaban J connectivity index is 1.59. The Morgan fingerprint density at radius 2 is 1.19 bits per heavy atom. The van der Waals surface area contributed by atoms with Gasteiger partial charge in [-0.1, -0.05) is 97.9 Å². The van der Waals surface area contributed by atoms with Gasteiger partial charge < -0.3 is 4.90 Å². The SMILES string of the molecule is CCc1cc2sc3ccccc3c2cc1C1(c2ccccc2[SH+]C)c2ccccc2N(c2ccccc2)c2ccccc21. The third kappa shape index (κ3) is 3.85. The van der Waals surface area contributed by atoms with Gasteiger partial charge in [-0.15, -0.1) is 11.3 Å². The van der Waals surface area contributed by atoms with Gasteiger partial charge in [-0.2, -0.15) is 0 Å². The molecule has 1 aliphatic heterocycles. The molecule has 1 aliphatic rings. The number of fused-ring (bicyclic) bond motifs is 5. The van der Waals surface area contributed by atoms with Crippen molar-refractivity contribution in [1.82, 2.24) is 0 Å². The first-order valence-electron chi connectivity index (χ1n) is 14.9. The summed E-state index contributed by atoms with van der Waals surface area (Å²) in [5, 5.41) is 2.69. The van der Waals surface area contributed by atoms with Crippen molar-refractivity contribution in [3.8, 4) is 0 Å². The Morgan fingerprint density at radius 1 is 0.581 bits per heavy atom. The maximum absolute atomic E-state index is 2.54. The first-order valence-corrected chi connectivity index (χ1v) is 17.1. The number of thiol groups is 1. The van der Waals surface area contributed by atoms with E-state index in [0.717, 1.165) is 6.42 Å². The van der Waals surface area contributed by atoms with Gasteiger partial charge in [0.2, 0.25) is 0 Å². The topological polar surface area (TPSA) is 3.24 Å². The molecule has 0 spiro atoms. The van der Waals surface area contributed by atoms with Crippen molar-refractivity contribution in [3.05, 3.63) is 167 Å². The van der Waals surface area contributed by atoms with Crippen molar-refractivity contribution in [2.75, 3.05) is 11.2 Å². The van der Waals surface area contributed by atoms with Crippen LogP contribution >= 0.6 is 11.3 Å². The van der Waals surface area contributed by atoms with Gasteiger partial charge in [-0.05, 0) is 77.2 Å². The van der Waals surface area contributed by atoms with E-state index in [4.69, 9.17) is 0 Å². The first-order chi connectivity index (χ1) is 21.3. The molecule has 208 valence electrons. The zero-order valence-electron chi connectivity index (χ0n) is 24.3. The molecule has 0 saturated carbocycles. The Hall–Kier alpha value is -4.31. The van der Waals surface area contributed by atoms with Crippen LogP contribution in [-0.4, -0.2) is 6.26 Å². The number of rotatable bonds is 5. The van der Waals surface area contributed by atoms with E-state index in [9.17, 15) is 0 Å². The number of anilines is 3. The molecule has 0 saturated heterocycles. The lowest BCUT2D eigenvalue weighted by Crippen LogP contribution is -2.39. The minimum atomic E-state index is -0.499. The molecule has 2 heterocycles. The molecule has 0 bridgehead atoms. The van der Waals surface area contributed by atoms with Gasteiger partial charge in [-0.25, -0.2) is 0 Å². The van der Waals surface area contributed by atoms with Crippen LogP contribution in [0.15, 0.2) is 144 Å². The van der Waals surface area contributed by atoms with E-state index in [2.05, 4.69) is 158 Å². The Bertz CT molecular complexity index is 2080. The maximum Gasteiger partial charge on any atom is 0.157 e. The third-order valence-electron chi connectivity index (χ3n) is 9.05. The zero-order valence-corrected chi connectivity index (χ0v) is 26.0. The highest BCUT2D eigenvalue weighted by Gasteiger charge is 2.49. The summed E-state index contributed by atoms with van der Waals surface area (Å²) in [6, 6.07) is 52.0. The van der Waals surface area contributed by atoms with Crippen LogP contribution < -0.4 is 4.90 Å². The molecular formula is C40H32NS2+. The molecule has 0 radical (unpaired) electrons. The van der Waals surface area contributed by atoms with E-state index in [1.807, 2.05) is 11.3 Å². The van der Waals surface area contributed by atoms with E-state index in [1.54, 1.807) is 0 Å². The van der Waals surface area contributed by atoms with Gasteiger partial charge in [0.1, 0.15) is 6.26 Å². The van der Waals surface area contributed by atoms with E-state index < -0.39 is 5.41 Å². The molecule has 3 heteroatoms. The Morgan fingerprint density at radius 3 is 1.88 bits per heavy atom. The molecule has 43 heavy (non-hydrogen) atoms. The predicted molar refractivity (Wildman–Crippen MR) is 188 cm³/mol. The van der Waals surface area contributed by atoms with Crippen LogP contribution in [0.4, 0.5) is 17.1 Å². The van der Waals surface area contributed by atoms with Crippen LogP contribution in [0.5, 0.6) is 0 Å². The van der Waals surface area contributed by atoms with E-state index in [-0.39, 0.29) is 0 Å². The average molecular weight is 591 g/mol. The molecule has 0 fully saturated rings. The third-order valence-corrected chi connectivity index (χ3v) is 11.1. The summed E-state index contributed by atoms with van der Waals surface area (Å²) in [5.74, 6) is 0. The highest BCUT2D eigenvalue weighted by atomic mass is 32.2. The number of aryl methyl sites for hydroxylation is 1. The molecule has 1 aromatic heterocycles. The van der Waals surface area contributed by atoms with E-state index in [0.29, 0.717) is 0 Å². The van der Waals surface area contributed by atoms with Crippen LogP contribution in [0, 0.1) is 0 Å². The van der Waals surface area contributed by atoms with E-state index >= 15 is 0 Å². The predicted octanol–water partition coefficient (Wildman–Crippen LogP) is 10.6. The summed E-state index contributed by atoms with van der Waals surface area (Å²) in [5.41, 5.74) is 9.92. The van der Waals surface area contributed by atoms with Crippen LogP contribution in [0.1, 0.15) is 34.7 Å². The summed E-state index contributed by atoms with van der Waals surface area (Å²) in [4.78, 5) is 3.82. The minimum Gasteiger partial charge on any atom is -0.310 e. The molecule has 0 N–H and O–H groups in total. The number of para-hydroxylation sites is 3. The largest absolute Gasteiger partial charge is 0.310 e. The van der Waals surface area contributed by atoms with Crippen molar-refractivity contribution in [3.63, 3.8) is 0 Å². The normalized spacial score (nSPS) is 13.7. The van der Waals surface area contributed by atoms with Gasteiger partial charge in [0.15, 0.2) is 4.90 Å². The van der Waals surface area contributed by atoms with Crippen LogP contribution in [-0.2, 0) is 23.6 Å². The maximum atomic E-state index is 2.54. The number of hydrogen-bond donors (Lipinski definition) is 0. The molecule has 0 unspecified atom stereocenters. The van der Waals surface area contributed by atoms with Crippen LogP contribution in [0.25, 0.3) is 20.2 Å². The second-order valence-electron chi connectivity index (χ2n) is 11.2. The van der Waals surface area contributed by atoms with Gasteiger partial charge in [0.05, 0.1) is 16.8 Å². The summed E-state index contributed by atoms with van der Waals surface area (Å²) < 4.78 is 2.71. The highest BCUT2D eigenvalue weighted by molar-refractivity contribution is 7.77. The van der Waals surface area contributed by atoms with Gasteiger partial charge in [0.25, 0.3) is 0 Å². The average Bonchev–Trinajstić information content (AvgIpc) is 3.44. The highest BCUT2D eigenvalue weighted by Crippen LogP contribution is 2.59. The molecule has 0 aliphatic carbocycles. The zero-order chi connectivity index (χ0) is 29.0. The fourth-order valence-corrected chi connectivity index (χ4v) is 9.14. The monoisotopic (exact) mass is 590 g/mol. The van der Waals surface area contributed by atoms with Gasteiger partial charge >= 0.3 is 0 Å². The Kier molecular flexibility index (Phi) is 6.40. The number of benzene rings is 6. The van der Waals surface area contributed by atoms with Gasteiger partial charge in [0, 0.05) is 43.2 Å². The summed E-state index contributed by atoms with van der Waals surface area (Å²) >= 11 is 3.17. The number of nitrogens with zero attached hydrogens (tertiary/aromatic N) is 1. The van der Waals surface area contributed by atoms with Crippen molar-refractivity contribution in [2.45, 2.75) is 23.7 Å². The van der Waals surface area contributed by atoms with Crippen molar-refractivity contribution in [2.24, 2.45) is 0 Å². The molecule has 0 amide bonds. The smallest absolute Gasteiger partial charge is 0.157 e. The molecular weight excluding hydrogens is 559 g/mol. The number of thiophene rings is 1. The lowest BCUT2D eigenvalue weighted by molar-refractivity contribution is 0.706. The lowest BCUT2D eigenvalue weighted by Gasteiger charge is -2.47. The fraction of sp³-hybridized carbons (Fsp3) is 0.100.